The van der Waals surface area contributed by atoms with Gasteiger partial charge in [-0.15, -0.1) is 11.8 Å². The van der Waals surface area contributed by atoms with Gasteiger partial charge in [-0.05, 0) is 34.9 Å². The Morgan fingerprint density at radius 3 is 2.69 bits per heavy atom. The molecule has 26 heavy (non-hydrogen) atoms. The third kappa shape index (κ3) is 4.09. The van der Waals surface area contributed by atoms with Gasteiger partial charge in [-0.2, -0.15) is 0 Å². The average Bonchev–Trinajstić information content (AvgIpc) is 2.94. The van der Waals surface area contributed by atoms with E-state index in [9.17, 15) is 0 Å². The second-order valence-electron chi connectivity index (χ2n) is 6.11. The summed E-state index contributed by atoms with van der Waals surface area (Å²) in [7, 11) is 1.76. The molecule has 0 radical (unpaired) electrons. The lowest BCUT2D eigenvalue weighted by atomic mass is 9.99. The highest BCUT2D eigenvalue weighted by molar-refractivity contribution is 8.00. The molecule has 1 aromatic carbocycles. The van der Waals surface area contributed by atoms with Crippen molar-refractivity contribution in [2.75, 3.05) is 19.4 Å². The van der Waals surface area contributed by atoms with Gasteiger partial charge in [0.1, 0.15) is 10.7 Å². The maximum absolute atomic E-state index is 6.14. The molecule has 0 unspecified atom stereocenters. The number of aromatic nitrogens is 2. The van der Waals surface area contributed by atoms with Crippen LogP contribution in [0, 0.1) is 0 Å². The molecule has 6 heteroatoms. The van der Waals surface area contributed by atoms with Crippen molar-refractivity contribution in [1.29, 1.82) is 0 Å². The lowest BCUT2D eigenvalue weighted by molar-refractivity contribution is 0.0813. The van der Waals surface area contributed by atoms with Gasteiger partial charge in [0.2, 0.25) is 0 Å². The minimum Gasteiger partial charge on any atom is -0.381 e. The predicted octanol–water partition coefficient (Wildman–Crippen LogP) is 4.00. The maximum Gasteiger partial charge on any atom is 0.156 e. The number of nitrogen functional groups attached to an aromatic ring is 1. The van der Waals surface area contributed by atoms with Crippen LogP contribution in [0.3, 0.4) is 0 Å². The smallest absolute Gasteiger partial charge is 0.156 e. The standard InChI is InChI=1S/C20H24N4OS/c1-14(2)26-20-19(21)23-18-10-9-16(13-24(18)20)17(11-12-25-22-3)15-7-5-4-6-8-15/h4-11,13-14,22H,12,21H2,1-3H3/b17-11+. The van der Waals surface area contributed by atoms with Crippen molar-refractivity contribution >= 4 is 28.8 Å². The van der Waals surface area contributed by atoms with Crippen LogP contribution >= 0.6 is 11.8 Å². The van der Waals surface area contributed by atoms with Crippen molar-refractivity contribution in [3.05, 3.63) is 65.9 Å². The molecule has 0 aliphatic carbocycles. The molecule has 136 valence electrons. The normalized spacial score (nSPS) is 12.2. The number of fused-ring (bicyclic) bond motifs is 1. The quantitative estimate of drug-likeness (QED) is 0.375. The van der Waals surface area contributed by atoms with Gasteiger partial charge >= 0.3 is 0 Å². The molecular formula is C20H24N4OS. The molecule has 0 bridgehead atoms. The van der Waals surface area contributed by atoms with E-state index in [0.29, 0.717) is 17.7 Å². The van der Waals surface area contributed by atoms with E-state index in [1.807, 2.05) is 24.3 Å². The first kappa shape index (κ1) is 18.5. The summed E-state index contributed by atoms with van der Waals surface area (Å²) < 4.78 is 2.07. The predicted molar refractivity (Wildman–Crippen MR) is 109 cm³/mol. The zero-order chi connectivity index (χ0) is 18.5. The van der Waals surface area contributed by atoms with Crippen LogP contribution < -0.4 is 11.2 Å². The van der Waals surface area contributed by atoms with Crippen molar-refractivity contribution in [2.24, 2.45) is 0 Å². The molecule has 0 amide bonds. The van der Waals surface area contributed by atoms with Crippen LogP contribution in [0.2, 0.25) is 0 Å². The van der Waals surface area contributed by atoms with Gasteiger partial charge in [0, 0.05) is 18.5 Å². The van der Waals surface area contributed by atoms with E-state index in [0.717, 1.165) is 27.4 Å². The van der Waals surface area contributed by atoms with Crippen LogP contribution in [-0.2, 0) is 4.84 Å². The summed E-state index contributed by atoms with van der Waals surface area (Å²) in [6.07, 6.45) is 4.17. The number of hydrogen-bond donors (Lipinski definition) is 2. The average molecular weight is 369 g/mol. The number of anilines is 1. The fourth-order valence-electron chi connectivity index (χ4n) is 2.77. The monoisotopic (exact) mass is 368 g/mol. The molecule has 3 rings (SSSR count). The summed E-state index contributed by atoms with van der Waals surface area (Å²) >= 11 is 1.72. The number of rotatable bonds is 7. The topological polar surface area (TPSA) is 64.6 Å². The molecule has 3 N–H and O–H groups in total. The molecule has 0 aliphatic rings. The Morgan fingerprint density at radius 1 is 1.23 bits per heavy atom. The Kier molecular flexibility index (Phi) is 5.98. The van der Waals surface area contributed by atoms with Crippen molar-refractivity contribution in [3.8, 4) is 0 Å². The summed E-state index contributed by atoms with van der Waals surface area (Å²) in [6, 6.07) is 14.4. The maximum atomic E-state index is 6.14. The Balaban J connectivity index is 2.09. The first-order chi connectivity index (χ1) is 12.6. The Hall–Kier alpha value is -2.28. The van der Waals surface area contributed by atoms with E-state index in [4.69, 9.17) is 10.6 Å². The van der Waals surface area contributed by atoms with E-state index in [2.05, 4.69) is 59.2 Å². The van der Waals surface area contributed by atoms with Gasteiger partial charge in [0.25, 0.3) is 0 Å². The van der Waals surface area contributed by atoms with E-state index >= 15 is 0 Å². The second-order valence-corrected chi connectivity index (χ2v) is 7.68. The van der Waals surface area contributed by atoms with E-state index < -0.39 is 0 Å². The highest BCUT2D eigenvalue weighted by Gasteiger charge is 2.14. The zero-order valence-corrected chi connectivity index (χ0v) is 16.1. The van der Waals surface area contributed by atoms with Crippen molar-refractivity contribution in [1.82, 2.24) is 14.9 Å². The van der Waals surface area contributed by atoms with Gasteiger partial charge in [0.05, 0.1) is 6.61 Å². The van der Waals surface area contributed by atoms with Crippen LogP contribution in [0.4, 0.5) is 5.82 Å². The minimum atomic E-state index is 0.425. The Labute approximate surface area is 158 Å². The number of hydrogen-bond acceptors (Lipinski definition) is 5. The molecule has 2 heterocycles. The molecule has 0 saturated heterocycles. The lowest BCUT2D eigenvalue weighted by Gasteiger charge is -2.11. The zero-order valence-electron chi connectivity index (χ0n) is 15.3. The van der Waals surface area contributed by atoms with Crippen LogP contribution in [0.25, 0.3) is 11.2 Å². The van der Waals surface area contributed by atoms with Crippen LogP contribution in [0.1, 0.15) is 25.0 Å². The number of nitrogens with zero attached hydrogens (tertiary/aromatic N) is 2. The molecule has 0 aliphatic heterocycles. The Morgan fingerprint density at radius 2 is 2.00 bits per heavy atom. The molecule has 0 spiro atoms. The number of nitrogens with one attached hydrogen (secondary N) is 1. The molecular weight excluding hydrogens is 344 g/mol. The lowest BCUT2D eigenvalue weighted by Crippen LogP contribution is -2.07. The van der Waals surface area contributed by atoms with Crippen molar-refractivity contribution in [2.45, 2.75) is 24.1 Å². The van der Waals surface area contributed by atoms with Crippen LogP contribution in [0.5, 0.6) is 0 Å². The number of imidazole rings is 1. The van der Waals surface area contributed by atoms with Crippen molar-refractivity contribution < 1.29 is 4.84 Å². The summed E-state index contributed by atoms with van der Waals surface area (Å²) in [6.45, 7) is 4.77. The molecule has 3 aromatic rings. The third-order valence-corrected chi connectivity index (χ3v) is 4.96. The van der Waals surface area contributed by atoms with Gasteiger partial charge in [-0.1, -0.05) is 44.2 Å². The van der Waals surface area contributed by atoms with E-state index in [-0.39, 0.29) is 0 Å². The van der Waals surface area contributed by atoms with Gasteiger partial charge in [0.15, 0.2) is 5.82 Å². The van der Waals surface area contributed by atoms with Gasteiger partial charge < -0.3 is 5.73 Å². The molecule has 5 nitrogen and oxygen atoms in total. The fraction of sp³-hybridized carbons (Fsp3) is 0.250. The molecule has 0 fully saturated rings. The molecule has 0 saturated carbocycles. The number of thioether (sulfide) groups is 1. The SMILES string of the molecule is CNOC/C=C(\c1ccccc1)c1ccc2nc(N)c(SC(C)C)n2c1. The summed E-state index contributed by atoms with van der Waals surface area (Å²) in [4.78, 5) is 9.79. The number of nitrogens with two attached hydrogens (primary N) is 1. The highest BCUT2D eigenvalue weighted by Crippen LogP contribution is 2.31. The second kappa shape index (κ2) is 8.40. The summed E-state index contributed by atoms with van der Waals surface area (Å²) in [5, 5.41) is 1.41. The first-order valence-corrected chi connectivity index (χ1v) is 9.47. The van der Waals surface area contributed by atoms with Crippen LogP contribution in [0.15, 0.2) is 59.8 Å². The largest absolute Gasteiger partial charge is 0.381 e. The Bertz CT molecular complexity index is 903. The van der Waals surface area contributed by atoms with Gasteiger partial charge in [-0.25, -0.2) is 10.5 Å². The highest BCUT2D eigenvalue weighted by atomic mass is 32.2. The number of pyridine rings is 1. The van der Waals surface area contributed by atoms with E-state index in [1.165, 1.54) is 0 Å². The van der Waals surface area contributed by atoms with E-state index in [1.54, 1.807) is 18.8 Å². The van der Waals surface area contributed by atoms with Crippen molar-refractivity contribution in [3.63, 3.8) is 0 Å². The number of benzene rings is 1. The third-order valence-electron chi connectivity index (χ3n) is 3.86. The summed E-state index contributed by atoms with van der Waals surface area (Å²) in [5.74, 6) is 0.574. The van der Waals surface area contributed by atoms with Gasteiger partial charge in [-0.3, -0.25) is 9.24 Å². The molecule has 2 aromatic heterocycles. The summed E-state index contributed by atoms with van der Waals surface area (Å²) in [5.41, 5.74) is 13.0. The van der Waals surface area contributed by atoms with Crippen LogP contribution in [-0.4, -0.2) is 28.3 Å². The number of hydroxylamine groups is 1. The fourth-order valence-corrected chi connectivity index (χ4v) is 3.64. The molecule has 0 atom stereocenters. The minimum absolute atomic E-state index is 0.425. The first-order valence-electron chi connectivity index (χ1n) is 8.59.